The molecule has 5 nitrogen and oxygen atoms in total. The number of amides is 1. The molecule has 104 valence electrons. The van der Waals surface area contributed by atoms with E-state index in [-0.39, 0.29) is 25.0 Å². The first kappa shape index (κ1) is 15.7. The molecule has 1 N–H and O–H groups in total. The Labute approximate surface area is 121 Å². The fourth-order valence-electron chi connectivity index (χ4n) is 1.46. The number of esters is 1. The second-order valence-corrected chi connectivity index (χ2v) is 4.85. The highest BCUT2D eigenvalue weighted by atomic mass is 79.9. The molecule has 19 heavy (non-hydrogen) atoms. The number of rotatable bonds is 6. The molecule has 0 saturated heterocycles. The zero-order chi connectivity index (χ0) is 14.3. The van der Waals surface area contributed by atoms with Gasteiger partial charge in [0.1, 0.15) is 0 Å². The van der Waals surface area contributed by atoms with Gasteiger partial charge in [-0.15, -0.1) is 0 Å². The number of anilines is 1. The van der Waals surface area contributed by atoms with Crippen molar-refractivity contribution >= 4 is 33.5 Å². The van der Waals surface area contributed by atoms with Gasteiger partial charge in [-0.1, -0.05) is 22.9 Å². The summed E-state index contributed by atoms with van der Waals surface area (Å²) in [6, 6.07) is 7.31. The Hall–Kier alpha value is -1.40. The van der Waals surface area contributed by atoms with Gasteiger partial charge in [0.05, 0.1) is 20.2 Å². The van der Waals surface area contributed by atoms with E-state index in [1.54, 1.807) is 17.0 Å². The minimum absolute atomic E-state index is 0.112. The molecule has 0 unspecified atom stereocenters. The molecule has 0 aliphatic rings. The van der Waals surface area contributed by atoms with Crippen molar-refractivity contribution in [3.05, 3.63) is 28.7 Å². The van der Waals surface area contributed by atoms with Gasteiger partial charge in [0.2, 0.25) is 5.91 Å². The van der Waals surface area contributed by atoms with Crippen LogP contribution in [0.4, 0.5) is 5.69 Å². The van der Waals surface area contributed by atoms with Crippen molar-refractivity contribution in [1.82, 2.24) is 4.90 Å². The van der Waals surface area contributed by atoms with Crippen molar-refractivity contribution in [2.45, 2.75) is 6.92 Å². The highest BCUT2D eigenvalue weighted by Crippen LogP contribution is 2.13. The molecule has 0 saturated carbocycles. The van der Waals surface area contributed by atoms with Crippen molar-refractivity contribution in [1.29, 1.82) is 0 Å². The number of methoxy groups -OCH3 is 1. The van der Waals surface area contributed by atoms with Gasteiger partial charge >= 0.3 is 5.97 Å². The van der Waals surface area contributed by atoms with E-state index in [0.29, 0.717) is 6.54 Å². The molecule has 1 aromatic rings. The summed E-state index contributed by atoms with van der Waals surface area (Å²) in [6.45, 7) is 2.75. The highest BCUT2D eigenvalue weighted by molar-refractivity contribution is 9.10. The SMILES string of the molecule is CCN(CC(=O)Nc1ccc(Br)cc1)CC(=O)OC. The van der Waals surface area contributed by atoms with Gasteiger partial charge in [-0.05, 0) is 30.8 Å². The average molecular weight is 329 g/mol. The summed E-state index contributed by atoms with van der Waals surface area (Å²) in [5.74, 6) is -0.508. The quantitative estimate of drug-likeness (QED) is 0.810. The van der Waals surface area contributed by atoms with E-state index in [0.717, 1.165) is 10.2 Å². The molecule has 1 rings (SSSR count). The number of nitrogens with one attached hydrogen (secondary N) is 1. The van der Waals surface area contributed by atoms with Crippen LogP contribution in [0.3, 0.4) is 0 Å². The normalized spacial score (nSPS) is 10.3. The number of carbonyl (C=O) groups excluding carboxylic acids is 2. The first-order valence-electron chi connectivity index (χ1n) is 5.89. The van der Waals surface area contributed by atoms with Crippen molar-refractivity contribution in [2.75, 3.05) is 32.1 Å². The maximum atomic E-state index is 11.8. The fourth-order valence-corrected chi connectivity index (χ4v) is 1.73. The van der Waals surface area contributed by atoms with Gasteiger partial charge in [-0.25, -0.2) is 0 Å². The summed E-state index contributed by atoms with van der Waals surface area (Å²) in [4.78, 5) is 24.7. The fraction of sp³-hybridized carbons (Fsp3) is 0.385. The van der Waals surface area contributed by atoms with Crippen LogP contribution in [0.1, 0.15) is 6.92 Å². The largest absolute Gasteiger partial charge is 0.468 e. The van der Waals surface area contributed by atoms with Gasteiger partial charge < -0.3 is 10.1 Å². The van der Waals surface area contributed by atoms with E-state index in [1.165, 1.54) is 7.11 Å². The Morgan fingerprint density at radius 3 is 2.42 bits per heavy atom. The van der Waals surface area contributed by atoms with Crippen LogP contribution in [0.15, 0.2) is 28.7 Å². The van der Waals surface area contributed by atoms with Crippen LogP contribution in [0.5, 0.6) is 0 Å². The molecule has 0 fully saturated rings. The standard InChI is InChI=1S/C13H17BrN2O3/c1-3-16(9-13(18)19-2)8-12(17)15-11-6-4-10(14)5-7-11/h4-7H,3,8-9H2,1-2H3,(H,15,17). The van der Waals surface area contributed by atoms with Crippen molar-refractivity contribution < 1.29 is 14.3 Å². The van der Waals surface area contributed by atoms with Crippen LogP contribution in [0, 0.1) is 0 Å². The summed E-state index contributed by atoms with van der Waals surface area (Å²) in [5.41, 5.74) is 0.724. The maximum Gasteiger partial charge on any atom is 0.319 e. The molecule has 6 heteroatoms. The Morgan fingerprint density at radius 1 is 1.26 bits per heavy atom. The highest BCUT2D eigenvalue weighted by Gasteiger charge is 2.13. The molecular formula is C13H17BrN2O3. The lowest BCUT2D eigenvalue weighted by atomic mass is 10.3. The van der Waals surface area contributed by atoms with E-state index in [4.69, 9.17) is 0 Å². The molecular weight excluding hydrogens is 312 g/mol. The van der Waals surface area contributed by atoms with Gasteiger partial charge in [0.15, 0.2) is 0 Å². The number of hydrogen-bond acceptors (Lipinski definition) is 4. The smallest absolute Gasteiger partial charge is 0.319 e. The monoisotopic (exact) mass is 328 g/mol. The van der Waals surface area contributed by atoms with Gasteiger partial charge in [-0.2, -0.15) is 0 Å². The molecule has 0 bridgehead atoms. The molecule has 1 aromatic carbocycles. The van der Waals surface area contributed by atoms with E-state index >= 15 is 0 Å². The summed E-state index contributed by atoms with van der Waals surface area (Å²) in [7, 11) is 1.33. The Morgan fingerprint density at radius 2 is 1.89 bits per heavy atom. The van der Waals surface area contributed by atoms with Gasteiger partial charge in [0.25, 0.3) is 0 Å². The number of ether oxygens (including phenoxy) is 1. The number of halogens is 1. The number of hydrogen-bond donors (Lipinski definition) is 1. The Bertz CT molecular complexity index is 434. The molecule has 0 spiro atoms. The van der Waals surface area contributed by atoms with Crippen LogP contribution in [0.25, 0.3) is 0 Å². The summed E-state index contributed by atoms with van der Waals surface area (Å²) in [5, 5.41) is 2.77. The molecule has 0 radical (unpaired) electrons. The lowest BCUT2D eigenvalue weighted by molar-refractivity contribution is -0.142. The molecule has 0 aliphatic heterocycles. The Balaban J connectivity index is 2.49. The lowest BCUT2D eigenvalue weighted by Crippen LogP contribution is -2.37. The molecule has 1 amide bonds. The first-order valence-corrected chi connectivity index (χ1v) is 6.69. The van der Waals surface area contributed by atoms with Crippen molar-refractivity contribution in [3.63, 3.8) is 0 Å². The van der Waals surface area contributed by atoms with Crippen LogP contribution >= 0.6 is 15.9 Å². The predicted molar refractivity (Wildman–Crippen MR) is 76.9 cm³/mol. The van der Waals surface area contributed by atoms with Crippen LogP contribution in [-0.2, 0) is 14.3 Å². The molecule has 0 aromatic heterocycles. The van der Waals surface area contributed by atoms with Crippen molar-refractivity contribution in [2.24, 2.45) is 0 Å². The zero-order valence-corrected chi connectivity index (χ0v) is 12.6. The average Bonchev–Trinajstić information content (AvgIpc) is 2.40. The number of carbonyl (C=O) groups is 2. The zero-order valence-electron chi connectivity index (χ0n) is 11.0. The van der Waals surface area contributed by atoms with Crippen LogP contribution < -0.4 is 5.32 Å². The third-order valence-corrected chi connectivity index (χ3v) is 3.05. The third-order valence-electron chi connectivity index (χ3n) is 2.52. The number of nitrogens with zero attached hydrogens (tertiary/aromatic N) is 1. The van der Waals surface area contributed by atoms with E-state index < -0.39 is 0 Å². The second-order valence-electron chi connectivity index (χ2n) is 3.93. The van der Waals surface area contributed by atoms with Crippen molar-refractivity contribution in [3.8, 4) is 0 Å². The Kier molecular flexibility index (Phi) is 6.52. The van der Waals surface area contributed by atoms with E-state index in [1.807, 2.05) is 19.1 Å². The van der Waals surface area contributed by atoms with E-state index in [9.17, 15) is 9.59 Å². The van der Waals surface area contributed by atoms with E-state index in [2.05, 4.69) is 26.0 Å². The maximum absolute atomic E-state index is 11.8. The third kappa shape index (κ3) is 5.85. The first-order chi connectivity index (χ1) is 9.05. The summed E-state index contributed by atoms with van der Waals surface area (Å²) in [6.07, 6.45) is 0. The van der Waals surface area contributed by atoms with Gasteiger partial charge in [0, 0.05) is 10.2 Å². The van der Waals surface area contributed by atoms with Gasteiger partial charge in [-0.3, -0.25) is 14.5 Å². The molecule has 0 atom stereocenters. The van der Waals surface area contributed by atoms with Crippen LogP contribution in [0.2, 0.25) is 0 Å². The minimum atomic E-state index is -0.349. The number of benzene rings is 1. The predicted octanol–water partition coefficient (Wildman–Crippen LogP) is 1.88. The number of likely N-dealkylation sites (N-methyl/N-ethyl adjacent to an activating group) is 1. The summed E-state index contributed by atoms with van der Waals surface area (Å²) >= 11 is 3.33. The minimum Gasteiger partial charge on any atom is -0.468 e. The van der Waals surface area contributed by atoms with Crippen LogP contribution in [-0.4, -0.2) is 43.5 Å². The topological polar surface area (TPSA) is 58.6 Å². The molecule has 0 heterocycles. The lowest BCUT2D eigenvalue weighted by Gasteiger charge is -2.18. The summed E-state index contributed by atoms with van der Waals surface area (Å²) < 4.78 is 5.53. The molecule has 0 aliphatic carbocycles. The second kappa shape index (κ2) is 7.91.